The number of phosphoric ester groups is 2. The SMILES string of the molecule is CCCCCCCCCCC(=O)OC[C@H](COP(=O)(O)OC[C@H](O)COP(=O)(O)OC[C@@H](COC(=O)CCCCCCCCCCCCC(C)C)OC(=O)CCCCCCCCCCCCC(C)C)OC(=O)CCCCCCCCCCCCC(C)C. The van der Waals surface area contributed by atoms with Crippen LogP contribution in [0.4, 0.5) is 0 Å². The fourth-order valence-corrected chi connectivity index (χ4v) is 11.8. The molecule has 5 atom stereocenters. The van der Waals surface area contributed by atoms with Gasteiger partial charge in [0.15, 0.2) is 12.2 Å². The molecule has 0 aliphatic rings. The van der Waals surface area contributed by atoms with Gasteiger partial charge in [0, 0.05) is 25.7 Å². The minimum atomic E-state index is -4.95. The summed E-state index contributed by atoms with van der Waals surface area (Å²) in [6.07, 6.45) is 41.7. The zero-order valence-corrected chi connectivity index (χ0v) is 58.3. The van der Waals surface area contributed by atoms with Gasteiger partial charge in [0.25, 0.3) is 0 Å². The summed E-state index contributed by atoms with van der Waals surface area (Å²) in [5.74, 6) is 0.131. The predicted octanol–water partition coefficient (Wildman–Crippen LogP) is 19.1. The average molecular weight is 1280 g/mol. The quantitative estimate of drug-likeness (QED) is 0.0222. The first kappa shape index (κ1) is 85.1. The molecule has 0 saturated carbocycles. The molecule has 0 radical (unpaired) electrons. The lowest BCUT2D eigenvalue weighted by Gasteiger charge is -2.21. The number of esters is 4. The molecular weight excluding hydrogens is 1150 g/mol. The van der Waals surface area contributed by atoms with Gasteiger partial charge in [0.05, 0.1) is 26.4 Å². The number of aliphatic hydroxyl groups is 1. The molecule has 2 unspecified atom stereocenters. The Balaban J connectivity index is 5.24. The maximum atomic E-state index is 13.0. The van der Waals surface area contributed by atoms with Gasteiger partial charge in [-0.2, -0.15) is 0 Å². The zero-order valence-electron chi connectivity index (χ0n) is 56.5. The van der Waals surface area contributed by atoms with E-state index >= 15 is 0 Å². The fourth-order valence-electron chi connectivity index (χ4n) is 10.2. The summed E-state index contributed by atoms with van der Waals surface area (Å²) >= 11 is 0. The highest BCUT2D eigenvalue weighted by Crippen LogP contribution is 2.45. The Labute approximate surface area is 530 Å². The molecule has 0 aromatic heterocycles. The van der Waals surface area contributed by atoms with E-state index in [9.17, 15) is 43.2 Å². The van der Waals surface area contributed by atoms with Crippen LogP contribution in [0, 0.1) is 17.8 Å². The molecule has 19 heteroatoms. The van der Waals surface area contributed by atoms with Crippen LogP contribution in [0.15, 0.2) is 0 Å². The fraction of sp³-hybridized carbons (Fsp3) is 0.941. The molecular formula is C68H132O17P2. The molecule has 0 aliphatic heterocycles. The molecule has 0 amide bonds. The average Bonchev–Trinajstić information content (AvgIpc) is 3.69. The Morgan fingerprint density at radius 1 is 0.310 bits per heavy atom. The number of unbranched alkanes of at least 4 members (excludes halogenated alkanes) is 34. The summed E-state index contributed by atoms with van der Waals surface area (Å²) in [5, 5.41) is 10.6. The summed E-state index contributed by atoms with van der Waals surface area (Å²) in [4.78, 5) is 72.4. The van der Waals surface area contributed by atoms with E-state index in [0.717, 1.165) is 114 Å². The first-order chi connectivity index (χ1) is 41.7. The van der Waals surface area contributed by atoms with E-state index in [1.165, 1.54) is 141 Å². The van der Waals surface area contributed by atoms with Gasteiger partial charge in [0.1, 0.15) is 19.3 Å². The number of hydrogen-bond acceptors (Lipinski definition) is 15. The Hall–Kier alpha value is -1.94. The van der Waals surface area contributed by atoms with Crippen LogP contribution in [-0.4, -0.2) is 96.7 Å². The Morgan fingerprint density at radius 2 is 0.529 bits per heavy atom. The number of aliphatic hydroxyl groups excluding tert-OH is 1. The van der Waals surface area contributed by atoms with Crippen molar-refractivity contribution in [3.05, 3.63) is 0 Å². The van der Waals surface area contributed by atoms with Gasteiger partial charge >= 0.3 is 39.5 Å². The summed E-state index contributed by atoms with van der Waals surface area (Å²) in [6.45, 7) is 11.8. The Morgan fingerprint density at radius 3 is 0.782 bits per heavy atom. The molecule has 0 bridgehead atoms. The van der Waals surface area contributed by atoms with E-state index < -0.39 is 97.5 Å². The van der Waals surface area contributed by atoms with Crippen molar-refractivity contribution in [2.75, 3.05) is 39.6 Å². The van der Waals surface area contributed by atoms with Crippen molar-refractivity contribution in [2.45, 2.75) is 356 Å². The lowest BCUT2D eigenvalue weighted by molar-refractivity contribution is -0.161. The second-order valence-corrected chi connectivity index (χ2v) is 28.9. The molecule has 0 aliphatic carbocycles. The van der Waals surface area contributed by atoms with E-state index in [-0.39, 0.29) is 25.7 Å². The Bertz CT molecular complexity index is 1720. The molecule has 0 saturated heterocycles. The maximum Gasteiger partial charge on any atom is 0.472 e. The number of ether oxygens (including phenoxy) is 4. The van der Waals surface area contributed by atoms with Crippen molar-refractivity contribution in [3.8, 4) is 0 Å². The van der Waals surface area contributed by atoms with Gasteiger partial charge in [0.2, 0.25) is 0 Å². The zero-order chi connectivity index (χ0) is 64.5. The molecule has 0 heterocycles. The minimum Gasteiger partial charge on any atom is -0.462 e. The predicted molar refractivity (Wildman–Crippen MR) is 349 cm³/mol. The minimum absolute atomic E-state index is 0.105. The summed E-state index contributed by atoms with van der Waals surface area (Å²) in [7, 11) is -9.89. The molecule has 0 spiro atoms. The van der Waals surface area contributed by atoms with Gasteiger partial charge in [-0.3, -0.25) is 37.3 Å². The number of rotatable bonds is 66. The van der Waals surface area contributed by atoms with Crippen LogP contribution in [0.1, 0.15) is 337 Å². The van der Waals surface area contributed by atoms with Crippen molar-refractivity contribution in [2.24, 2.45) is 17.8 Å². The third kappa shape index (κ3) is 62.6. The highest BCUT2D eigenvalue weighted by molar-refractivity contribution is 7.47. The highest BCUT2D eigenvalue weighted by Gasteiger charge is 2.30. The lowest BCUT2D eigenvalue weighted by atomic mass is 10.0. The van der Waals surface area contributed by atoms with E-state index in [0.29, 0.717) is 25.7 Å². The molecule has 3 N–H and O–H groups in total. The van der Waals surface area contributed by atoms with Gasteiger partial charge in [-0.05, 0) is 43.4 Å². The van der Waals surface area contributed by atoms with Crippen LogP contribution in [0.5, 0.6) is 0 Å². The van der Waals surface area contributed by atoms with E-state index in [4.69, 9.17) is 37.0 Å². The molecule has 0 rings (SSSR count). The maximum absolute atomic E-state index is 13.0. The lowest BCUT2D eigenvalue weighted by Crippen LogP contribution is -2.30. The van der Waals surface area contributed by atoms with E-state index in [2.05, 4.69) is 48.5 Å². The molecule has 87 heavy (non-hydrogen) atoms. The standard InChI is InChI=1S/C68H132O17P2/c1-8-9-10-11-12-28-35-42-49-65(70)78-55-63(84-67(72)51-44-37-30-23-17-14-20-26-33-40-47-60(4)5)57-82-86(74,75)80-53-62(69)54-81-87(76,77)83-58-64(85-68(73)52-45-38-31-24-18-15-21-27-34-41-48-61(6)7)56-79-66(71)50-43-36-29-22-16-13-19-25-32-39-46-59(2)3/h59-64,69H,8-58H2,1-7H3,(H,74,75)(H,76,77)/t62-,63+,64+/m0/s1. The topological polar surface area (TPSA) is 237 Å². The van der Waals surface area contributed by atoms with Gasteiger partial charge < -0.3 is 33.8 Å². The molecule has 0 fully saturated rings. The number of phosphoric acid groups is 2. The Kier molecular flexibility index (Phi) is 57.8. The molecule has 0 aromatic carbocycles. The normalized spacial score (nSPS) is 14.3. The second-order valence-electron chi connectivity index (χ2n) is 26.0. The smallest absolute Gasteiger partial charge is 0.462 e. The molecule has 516 valence electrons. The van der Waals surface area contributed by atoms with Crippen molar-refractivity contribution < 1.29 is 80.2 Å². The van der Waals surface area contributed by atoms with E-state index in [1.54, 1.807) is 0 Å². The first-order valence-electron chi connectivity index (χ1n) is 35.3. The van der Waals surface area contributed by atoms with Crippen molar-refractivity contribution >= 4 is 39.5 Å². The number of carbonyl (C=O) groups is 4. The van der Waals surface area contributed by atoms with Crippen LogP contribution < -0.4 is 0 Å². The van der Waals surface area contributed by atoms with Crippen LogP contribution in [0.3, 0.4) is 0 Å². The summed E-state index contributed by atoms with van der Waals surface area (Å²) in [6, 6.07) is 0. The highest BCUT2D eigenvalue weighted by atomic mass is 31.2. The second kappa shape index (κ2) is 59.1. The van der Waals surface area contributed by atoms with Crippen LogP contribution in [0.2, 0.25) is 0 Å². The number of hydrogen-bond donors (Lipinski definition) is 3. The van der Waals surface area contributed by atoms with Crippen LogP contribution >= 0.6 is 15.6 Å². The van der Waals surface area contributed by atoms with Crippen molar-refractivity contribution in [1.29, 1.82) is 0 Å². The largest absolute Gasteiger partial charge is 0.472 e. The number of carbonyl (C=O) groups excluding carboxylic acids is 4. The van der Waals surface area contributed by atoms with Crippen LogP contribution in [-0.2, 0) is 65.4 Å². The summed E-state index contributed by atoms with van der Waals surface area (Å²) < 4.78 is 68.2. The van der Waals surface area contributed by atoms with E-state index in [1.807, 2.05) is 0 Å². The van der Waals surface area contributed by atoms with Crippen LogP contribution in [0.25, 0.3) is 0 Å². The molecule has 17 nitrogen and oxygen atoms in total. The summed E-state index contributed by atoms with van der Waals surface area (Å²) in [5.41, 5.74) is 0. The van der Waals surface area contributed by atoms with Gasteiger partial charge in [-0.1, -0.05) is 286 Å². The third-order valence-corrected chi connectivity index (χ3v) is 17.5. The monoisotopic (exact) mass is 1280 g/mol. The first-order valence-corrected chi connectivity index (χ1v) is 38.3. The van der Waals surface area contributed by atoms with Gasteiger partial charge in [-0.25, -0.2) is 9.13 Å². The van der Waals surface area contributed by atoms with Crippen molar-refractivity contribution in [3.63, 3.8) is 0 Å². The van der Waals surface area contributed by atoms with Crippen molar-refractivity contribution in [1.82, 2.24) is 0 Å². The molecule has 0 aromatic rings. The van der Waals surface area contributed by atoms with Gasteiger partial charge in [-0.15, -0.1) is 0 Å². The third-order valence-electron chi connectivity index (χ3n) is 15.6.